The summed E-state index contributed by atoms with van der Waals surface area (Å²) in [6, 6.07) is 7.55. The molecule has 7 heteroatoms. The Balaban J connectivity index is 2.71. The third-order valence-corrected chi connectivity index (χ3v) is 3.41. The van der Waals surface area contributed by atoms with Crippen LogP contribution in [0.1, 0.15) is 6.42 Å². The molecule has 0 bridgehead atoms. The quantitative estimate of drug-likeness (QED) is 0.566. The number of nitrogens with one attached hydrogen (secondary N) is 1. The van der Waals surface area contributed by atoms with Crippen molar-refractivity contribution in [3.8, 4) is 0 Å². The number of hydrogen-bond donors (Lipinski definition) is 2. The molecule has 1 rings (SSSR count). The lowest BCUT2D eigenvalue weighted by molar-refractivity contribution is -0.142. The van der Waals surface area contributed by atoms with E-state index in [0.29, 0.717) is 0 Å². The van der Waals surface area contributed by atoms with Gasteiger partial charge in [0.05, 0.1) is 18.4 Å². The van der Waals surface area contributed by atoms with Gasteiger partial charge in [0.1, 0.15) is 6.23 Å². The first-order valence-electron chi connectivity index (χ1n) is 4.78. The zero-order chi connectivity index (χ0) is 12.9. The van der Waals surface area contributed by atoms with E-state index >= 15 is 0 Å². The molecule has 0 saturated carbocycles. The van der Waals surface area contributed by atoms with E-state index < -0.39 is 28.6 Å². The van der Waals surface area contributed by atoms with Crippen LogP contribution in [0.3, 0.4) is 0 Å². The van der Waals surface area contributed by atoms with Gasteiger partial charge >= 0.3 is 5.97 Å². The van der Waals surface area contributed by atoms with Crippen LogP contribution in [0.2, 0.25) is 0 Å². The van der Waals surface area contributed by atoms with Gasteiger partial charge in [-0.05, 0) is 12.1 Å². The topological polar surface area (TPSA) is 92.7 Å². The van der Waals surface area contributed by atoms with Crippen molar-refractivity contribution < 1.29 is 23.1 Å². The Morgan fingerprint density at radius 1 is 1.41 bits per heavy atom. The highest BCUT2D eigenvalue weighted by atomic mass is 32.2. The Labute approximate surface area is 99.3 Å². The molecule has 0 amide bonds. The number of sulfonamides is 1. The van der Waals surface area contributed by atoms with Crippen LogP contribution in [0.5, 0.6) is 0 Å². The number of carbonyl (C=O) groups is 1. The summed E-state index contributed by atoms with van der Waals surface area (Å²) in [5.74, 6) is -0.701. The second kappa shape index (κ2) is 5.76. The van der Waals surface area contributed by atoms with Gasteiger partial charge < -0.3 is 9.84 Å². The van der Waals surface area contributed by atoms with Crippen LogP contribution in [0.25, 0.3) is 0 Å². The number of methoxy groups -OCH3 is 1. The van der Waals surface area contributed by atoms with E-state index in [9.17, 15) is 18.3 Å². The molecule has 1 aromatic carbocycles. The predicted octanol–water partition coefficient (Wildman–Crippen LogP) is -0.154. The molecule has 1 aromatic rings. The van der Waals surface area contributed by atoms with Crippen LogP contribution in [-0.4, -0.2) is 32.8 Å². The van der Waals surface area contributed by atoms with Gasteiger partial charge in [-0.1, -0.05) is 18.2 Å². The monoisotopic (exact) mass is 259 g/mol. The zero-order valence-electron chi connectivity index (χ0n) is 9.16. The van der Waals surface area contributed by atoms with Crippen molar-refractivity contribution in [1.29, 1.82) is 0 Å². The van der Waals surface area contributed by atoms with Crippen LogP contribution in [0, 0.1) is 0 Å². The van der Waals surface area contributed by atoms with Crippen molar-refractivity contribution in [2.75, 3.05) is 7.11 Å². The minimum atomic E-state index is -3.82. The van der Waals surface area contributed by atoms with Gasteiger partial charge in [0.2, 0.25) is 10.0 Å². The molecule has 1 unspecified atom stereocenters. The Morgan fingerprint density at radius 3 is 2.53 bits per heavy atom. The molecule has 0 saturated heterocycles. The Bertz CT molecular complexity index is 471. The summed E-state index contributed by atoms with van der Waals surface area (Å²) in [5, 5.41) is 9.36. The number of hydrogen-bond acceptors (Lipinski definition) is 5. The van der Waals surface area contributed by atoms with Crippen molar-refractivity contribution in [2.45, 2.75) is 17.5 Å². The molecule has 6 nitrogen and oxygen atoms in total. The third-order valence-electron chi connectivity index (χ3n) is 1.93. The van der Waals surface area contributed by atoms with E-state index in [1.165, 1.54) is 12.1 Å². The van der Waals surface area contributed by atoms with Crippen molar-refractivity contribution in [3.63, 3.8) is 0 Å². The first-order chi connectivity index (χ1) is 7.95. The summed E-state index contributed by atoms with van der Waals surface area (Å²) in [5.41, 5.74) is 0. The van der Waals surface area contributed by atoms with Gasteiger partial charge in [0.15, 0.2) is 0 Å². The summed E-state index contributed by atoms with van der Waals surface area (Å²) >= 11 is 0. The SMILES string of the molecule is COC(=O)CC(O)NS(=O)(=O)c1ccccc1. The zero-order valence-corrected chi connectivity index (χ0v) is 9.98. The van der Waals surface area contributed by atoms with Crippen LogP contribution in [0.4, 0.5) is 0 Å². The number of benzene rings is 1. The molecule has 0 aliphatic rings. The lowest BCUT2D eigenvalue weighted by Gasteiger charge is -2.11. The molecule has 2 N–H and O–H groups in total. The number of carbonyl (C=O) groups excluding carboxylic acids is 1. The van der Waals surface area contributed by atoms with Crippen molar-refractivity contribution in [2.24, 2.45) is 0 Å². The van der Waals surface area contributed by atoms with Gasteiger partial charge in [-0.25, -0.2) is 8.42 Å². The summed E-state index contributed by atoms with van der Waals surface area (Å²) in [4.78, 5) is 10.8. The Kier molecular flexibility index (Phi) is 4.62. The lowest BCUT2D eigenvalue weighted by atomic mass is 10.4. The first-order valence-corrected chi connectivity index (χ1v) is 6.26. The van der Waals surface area contributed by atoms with Gasteiger partial charge in [-0.3, -0.25) is 4.79 Å². The maximum absolute atomic E-state index is 11.7. The molecular formula is C10H13NO5S. The normalized spacial score (nSPS) is 13.1. The summed E-state index contributed by atoms with van der Waals surface area (Å²) in [7, 11) is -2.67. The van der Waals surface area contributed by atoms with Gasteiger partial charge in [0.25, 0.3) is 0 Å². The smallest absolute Gasteiger partial charge is 0.309 e. The number of esters is 1. The fourth-order valence-corrected chi connectivity index (χ4v) is 2.22. The molecule has 0 heterocycles. The van der Waals surface area contributed by atoms with Gasteiger partial charge in [-0.15, -0.1) is 0 Å². The lowest BCUT2D eigenvalue weighted by Crippen LogP contribution is -2.36. The maximum atomic E-state index is 11.7. The molecule has 0 spiro atoms. The fourth-order valence-electron chi connectivity index (χ4n) is 1.13. The number of aliphatic hydroxyl groups is 1. The van der Waals surface area contributed by atoms with Crippen LogP contribution < -0.4 is 4.72 Å². The summed E-state index contributed by atoms with van der Waals surface area (Å²) in [6.45, 7) is 0. The molecule has 0 aliphatic carbocycles. The molecule has 94 valence electrons. The summed E-state index contributed by atoms with van der Waals surface area (Å²) in [6.07, 6.45) is -1.95. The number of rotatable bonds is 5. The Hall–Kier alpha value is -1.44. The fraction of sp³-hybridized carbons (Fsp3) is 0.300. The highest BCUT2D eigenvalue weighted by Crippen LogP contribution is 2.08. The first kappa shape index (κ1) is 13.6. The molecule has 0 fully saturated rings. The molecule has 0 aromatic heterocycles. The van der Waals surface area contributed by atoms with E-state index in [4.69, 9.17) is 0 Å². The van der Waals surface area contributed by atoms with Crippen LogP contribution >= 0.6 is 0 Å². The third kappa shape index (κ3) is 4.14. The van der Waals surface area contributed by atoms with Gasteiger partial charge in [-0.2, -0.15) is 4.72 Å². The second-order valence-corrected chi connectivity index (χ2v) is 4.94. The van der Waals surface area contributed by atoms with Crippen molar-refractivity contribution in [3.05, 3.63) is 30.3 Å². The van der Waals surface area contributed by atoms with Crippen molar-refractivity contribution >= 4 is 16.0 Å². The highest BCUT2D eigenvalue weighted by Gasteiger charge is 2.20. The predicted molar refractivity (Wildman–Crippen MR) is 59.4 cm³/mol. The Morgan fingerprint density at radius 2 is 2.00 bits per heavy atom. The second-order valence-electron chi connectivity index (χ2n) is 3.23. The largest absolute Gasteiger partial charge is 0.469 e. The molecule has 1 atom stereocenters. The molecule has 17 heavy (non-hydrogen) atoms. The highest BCUT2D eigenvalue weighted by molar-refractivity contribution is 7.89. The van der Waals surface area contributed by atoms with E-state index in [0.717, 1.165) is 7.11 Å². The molecular weight excluding hydrogens is 246 g/mol. The average molecular weight is 259 g/mol. The summed E-state index contributed by atoms with van der Waals surface area (Å²) < 4.78 is 29.7. The van der Waals surface area contributed by atoms with Crippen molar-refractivity contribution in [1.82, 2.24) is 4.72 Å². The van der Waals surface area contributed by atoms with Crippen LogP contribution in [-0.2, 0) is 19.6 Å². The average Bonchev–Trinajstić information content (AvgIpc) is 2.29. The molecule has 0 radical (unpaired) electrons. The van der Waals surface area contributed by atoms with E-state index in [-0.39, 0.29) is 4.90 Å². The number of aliphatic hydroxyl groups excluding tert-OH is 1. The number of ether oxygens (including phenoxy) is 1. The minimum Gasteiger partial charge on any atom is -0.469 e. The van der Waals surface area contributed by atoms with Crippen LogP contribution in [0.15, 0.2) is 35.2 Å². The van der Waals surface area contributed by atoms with Gasteiger partial charge in [0, 0.05) is 0 Å². The maximum Gasteiger partial charge on any atom is 0.309 e. The van der Waals surface area contributed by atoms with E-state index in [1.807, 2.05) is 4.72 Å². The standard InChI is InChI=1S/C10H13NO5S/c1-16-10(13)7-9(12)11-17(14,15)8-5-3-2-4-6-8/h2-6,9,11-12H,7H2,1H3. The van der Waals surface area contributed by atoms with E-state index in [2.05, 4.69) is 4.74 Å². The minimum absolute atomic E-state index is 0.0175. The molecule has 0 aliphatic heterocycles. The van der Waals surface area contributed by atoms with E-state index in [1.54, 1.807) is 18.2 Å².